The zero-order valence-electron chi connectivity index (χ0n) is 21.4. The van der Waals surface area contributed by atoms with E-state index >= 15 is 0 Å². The Balaban J connectivity index is 2.12. The zero-order chi connectivity index (χ0) is 22.9. The van der Waals surface area contributed by atoms with Gasteiger partial charge in [0.05, 0.1) is 0 Å². The van der Waals surface area contributed by atoms with E-state index in [-0.39, 0.29) is 10.8 Å². The molecular weight excluding hydrogens is 374 g/mol. The molecule has 0 bridgehead atoms. The Bertz CT molecular complexity index is 783. The number of benzene rings is 2. The molecule has 0 aliphatic heterocycles. The predicted octanol–water partition coefficient (Wildman–Crippen LogP) is 9.71. The van der Waals surface area contributed by atoms with E-state index in [1.807, 2.05) is 0 Å². The maximum Gasteiger partial charge on any atom is 0.0416 e. The second kappa shape index (κ2) is 11.7. The molecule has 2 aromatic carbocycles. The zero-order valence-corrected chi connectivity index (χ0v) is 21.4. The lowest BCUT2D eigenvalue weighted by atomic mass is 9.79. The Morgan fingerprint density at radius 1 is 0.645 bits per heavy atom. The van der Waals surface area contributed by atoms with Crippen LogP contribution >= 0.6 is 0 Å². The summed E-state index contributed by atoms with van der Waals surface area (Å²) in [5, 5.41) is 3.69. The third-order valence-electron chi connectivity index (χ3n) is 7.02. The van der Waals surface area contributed by atoms with E-state index in [2.05, 4.69) is 96.2 Å². The van der Waals surface area contributed by atoms with E-state index in [0.29, 0.717) is 0 Å². The van der Waals surface area contributed by atoms with Gasteiger partial charge in [-0.3, -0.25) is 0 Å². The van der Waals surface area contributed by atoms with E-state index in [9.17, 15) is 0 Å². The molecule has 0 aromatic heterocycles. The molecule has 2 rings (SSSR count). The van der Waals surface area contributed by atoms with Crippen LogP contribution in [0.3, 0.4) is 0 Å². The standard InChI is InChI=1S/C30H47N/c1-8-11-13-21-29(4,5)25-15-18-27(19-16-25)31-28-20-17-26(23-24(28)10-3)30(6,7)22-14-12-9-2/h15-20,23,31H,8-14,21-22H2,1-7H3. The number of unbranched alkanes of at least 4 members (excludes halogenated alkanes) is 4. The van der Waals surface area contributed by atoms with Crippen molar-refractivity contribution in [2.45, 2.75) is 117 Å². The second-order valence-corrected chi connectivity index (χ2v) is 10.6. The Kier molecular flexibility index (Phi) is 9.66. The molecule has 0 aliphatic rings. The van der Waals surface area contributed by atoms with Crippen LogP contribution in [0.25, 0.3) is 0 Å². The summed E-state index contributed by atoms with van der Waals surface area (Å²) in [6, 6.07) is 16.2. The molecule has 0 aliphatic carbocycles. The van der Waals surface area contributed by atoms with Crippen LogP contribution in [-0.2, 0) is 17.3 Å². The van der Waals surface area contributed by atoms with Crippen LogP contribution in [0, 0.1) is 0 Å². The summed E-state index contributed by atoms with van der Waals surface area (Å²) in [5.41, 5.74) is 7.22. The summed E-state index contributed by atoms with van der Waals surface area (Å²) >= 11 is 0. The van der Waals surface area contributed by atoms with Gasteiger partial charge in [0.15, 0.2) is 0 Å². The molecule has 0 saturated heterocycles. The van der Waals surface area contributed by atoms with Crippen molar-refractivity contribution >= 4 is 11.4 Å². The summed E-state index contributed by atoms with van der Waals surface area (Å²) in [6.45, 7) is 16.4. The smallest absolute Gasteiger partial charge is 0.0416 e. The van der Waals surface area contributed by atoms with Crippen molar-refractivity contribution in [1.29, 1.82) is 0 Å². The predicted molar refractivity (Wildman–Crippen MR) is 140 cm³/mol. The minimum atomic E-state index is 0.239. The van der Waals surface area contributed by atoms with Crippen LogP contribution in [0.4, 0.5) is 11.4 Å². The highest BCUT2D eigenvalue weighted by molar-refractivity contribution is 5.64. The SMILES string of the molecule is CCCCCC(C)(C)c1ccc(Nc2ccc(C(C)(C)CCCCC)cc2CC)cc1. The van der Waals surface area contributed by atoms with Gasteiger partial charge in [-0.1, -0.05) is 111 Å². The Morgan fingerprint density at radius 3 is 1.68 bits per heavy atom. The summed E-state index contributed by atoms with van der Waals surface area (Å²) in [4.78, 5) is 0. The van der Waals surface area contributed by atoms with E-state index in [0.717, 1.165) is 6.42 Å². The summed E-state index contributed by atoms with van der Waals surface area (Å²) in [5.74, 6) is 0. The Hall–Kier alpha value is -1.76. The van der Waals surface area contributed by atoms with Gasteiger partial charge < -0.3 is 5.32 Å². The quantitative estimate of drug-likeness (QED) is 0.317. The summed E-state index contributed by atoms with van der Waals surface area (Å²) in [7, 11) is 0. The van der Waals surface area contributed by atoms with Gasteiger partial charge in [0.25, 0.3) is 0 Å². The normalized spacial score (nSPS) is 12.2. The minimum Gasteiger partial charge on any atom is -0.355 e. The van der Waals surface area contributed by atoms with Crippen LogP contribution in [0.1, 0.15) is 117 Å². The molecule has 0 amide bonds. The highest BCUT2D eigenvalue weighted by atomic mass is 14.9. The van der Waals surface area contributed by atoms with E-state index < -0.39 is 0 Å². The van der Waals surface area contributed by atoms with Gasteiger partial charge in [0, 0.05) is 11.4 Å². The van der Waals surface area contributed by atoms with Crippen LogP contribution in [0.5, 0.6) is 0 Å². The first-order valence-electron chi connectivity index (χ1n) is 12.7. The average molecular weight is 422 g/mol. The number of hydrogen-bond donors (Lipinski definition) is 1. The van der Waals surface area contributed by atoms with E-state index in [1.165, 1.54) is 79.4 Å². The van der Waals surface area contributed by atoms with Gasteiger partial charge in [-0.05, 0) is 65.0 Å². The Morgan fingerprint density at radius 2 is 1.16 bits per heavy atom. The van der Waals surface area contributed by atoms with Gasteiger partial charge in [-0.2, -0.15) is 0 Å². The van der Waals surface area contributed by atoms with Gasteiger partial charge in [0.2, 0.25) is 0 Å². The number of nitrogens with one attached hydrogen (secondary N) is 1. The van der Waals surface area contributed by atoms with Crippen molar-refractivity contribution < 1.29 is 0 Å². The van der Waals surface area contributed by atoms with E-state index in [1.54, 1.807) is 0 Å². The number of aryl methyl sites for hydroxylation is 1. The lowest BCUT2D eigenvalue weighted by Crippen LogP contribution is -2.17. The minimum absolute atomic E-state index is 0.239. The molecule has 0 radical (unpaired) electrons. The highest BCUT2D eigenvalue weighted by Crippen LogP contribution is 2.34. The molecule has 31 heavy (non-hydrogen) atoms. The molecule has 1 nitrogen and oxygen atoms in total. The van der Waals surface area contributed by atoms with Crippen molar-refractivity contribution in [2.24, 2.45) is 0 Å². The lowest BCUT2D eigenvalue weighted by molar-refractivity contribution is 0.450. The molecular formula is C30H47N. The van der Waals surface area contributed by atoms with Crippen molar-refractivity contribution in [3.05, 3.63) is 59.2 Å². The molecule has 1 heteroatoms. The fourth-order valence-corrected chi connectivity index (χ4v) is 4.51. The highest BCUT2D eigenvalue weighted by Gasteiger charge is 2.22. The molecule has 2 aromatic rings. The molecule has 0 atom stereocenters. The number of rotatable bonds is 13. The molecule has 0 unspecified atom stereocenters. The van der Waals surface area contributed by atoms with E-state index in [4.69, 9.17) is 0 Å². The maximum absolute atomic E-state index is 3.69. The molecule has 0 fully saturated rings. The first-order chi connectivity index (χ1) is 14.7. The molecule has 1 N–H and O–H groups in total. The van der Waals surface area contributed by atoms with Crippen molar-refractivity contribution in [1.82, 2.24) is 0 Å². The fraction of sp³-hybridized carbons (Fsp3) is 0.600. The van der Waals surface area contributed by atoms with Crippen molar-refractivity contribution in [2.75, 3.05) is 5.32 Å². The van der Waals surface area contributed by atoms with Crippen molar-refractivity contribution in [3.63, 3.8) is 0 Å². The maximum atomic E-state index is 3.69. The van der Waals surface area contributed by atoms with Crippen LogP contribution in [0.15, 0.2) is 42.5 Å². The van der Waals surface area contributed by atoms with Crippen LogP contribution in [0.2, 0.25) is 0 Å². The average Bonchev–Trinajstić information content (AvgIpc) is 2.74. The Labute approximate surface area is 193 Å². The van der Waals surface area contributed by atoms with Gasteiger partial charge in [0.1, 0.15) is 0 Å². The monoisotopic (exact) mass is 421 g/mol. The van der Waals surface area contributed by atoms with Crippen LogP contribution < -0.4 is 5.32 Å². The largest absolute Gasteiger partial charge is 0.355 e. The first kappa shape index (κ1) is 25.5. The first-order valence-corrected chi connectivity index (χ1v) is 12.7. The number of hydrogen-bond acceptors (Lipinski definition) is 1. The summed E-state index contributed by atoms with van der Waals surface area (Å²) < 4.78 is 0. The third-order valence-corrected chi connectivity index (χ3v) is 7.02. The molecule has 172 valence electrons. The topological polar surface area (TPSA) is 12.0 Å². The number of anilines is 2. The van der Waals surface area contributed by atoms with Gasteiger partial charge in [-0.25, -0.2) is 0 Å². The fourth-order valence-electron chi connectivity index (χ4n) is 4.51. The van der Waals surface area contributed by atoms with Gasteiger partial charge in [-0.15, -0.1) is 0 Å². The second-order valence-electron chi connectivity index (χ2n) is 10.6. The molecule has 0 heterocycles. The lowest BCUT2D eigenvalue weighted by Gasteiger charge is -2.27. The molecule has 0 saturated carbocycles. The van der Waals surface area contributed by atoms with Crippen LogP contribution in [-0.4, -0.2) is 0 Å². The summed E-state index contributed by atoms with van der Waals surface area (Å²) in [6.07, 6.45) is 11.4. The third kappa shape index (κ3) is 7.41. The van der Waals surface area contributed by atoms with Gasteiger partial charge >= 0.3 is 0 Å². The molecule has 0 spiro atoms. The van der Waals surface area contributed by atoms with Crippen molar-refractivity contribution in [3.8, 4) is 0 Å².